The van der Waals surface area contributed by atoms with Crippen LogP contribution in [0, 0.1) is 8.99 Å². The van der Waals surface area contributed by atoms with Crippen molar-refractivity contribution < 1.29 is 23.1 Å². The van der Waals surface area contributed by atoms with Gasteiger partial charge in [-0.15, -0.1) is 0 Å². The highest BCUT2D eigenvalue weighted by atomic mass is 127. The number of nitrogens with one attached hydrogen (secondary N) is 1. The topological polar surface area (TPSA) is 92.7 Å². The first-order valence-corrected chi connectivity index (χ1v) is 8.98. The number of carboxylic acids is 1. The quantitative estimate of drug-likeness (QED) is 0.697. The number of halogens is 1. The predicted octanol–water partition coefficient (Wildman–Crippen LogP) is 1.45. The van der Waals surface area contributed by atoms with Crippen molar-refractivity contribution in [2.75, 3.05) is 19.8 Å². The fourth-order valence-electron chi connectivity index (χ4n) is 2.16. The number of carboxylic acid groups (broad SMARTS) is 1. The molecule has 0 amide bonds. The minimum atomic E-state index is -3.71. The van der Waals surface area contributed by atoms with E-state index < -0.39 is 21.4 Å². The number of sulfonamides is 1. The highest BCUT2D eigenvalue weighted by molar-refractivity contribution is 14.1. The maximum Gasteiger partial charge on any atom is 0.311 e. The molecule has 1 saturated heterocycles. The summed E-state index contributed by atoms with van der Waals surface area (Å²) in [5, 5.41) is 9.40. The number of rotatable bonds is 5. The summed E-state index contributed by atoms with van der Waals surface area (Å²) in [6.45, 7) is 0.537. The number of hydrogen-bond acceptors (Lipinski definition) is 4. The van der Waals surface area contributed by atoms with Gasteiger partial charge < -0.3 is 9.84 Å². The van der Waals surface area contributed by atoms with Crippen LogP contribution in [0.5, 0.6) is 0 Å². The van der Waals surface area contributed by atoms with Crippen LogP contribution in [0.2, 0.25) is 0 Å². The SMILES string of the molecule is O=C(O)C1(CNS(=O)(=O)c2ccc(I)cc2)CCOCC1. The van der Waals surface area contributed by atoms with Crippen molar-refractivity contribution in [2.45, 2.75) is 17.7 Å². The molecule has 0 unspecified atom stereocenters. The lowest BCUT2D eigenvalue weighted by molar-refractivity contribution is -0.154. The molecule has 1 aromatic rings. The molecule has 0 saturated carbocycles. The van der Waals surface area contributed by atoms with Crippen LogP contribution >= 0.6 is 22.6 Å². The Labute approximate surface area is 137 Å². The zero-order valence-electron chi connectivity index (χ0n) is 11.2. The van der Waals surface area contributed by atoms with Gasteiger partial charge in [0.15, 0.2) is 0 Å². The van der Waals surface area contributed by atoms with Gasteiger partial charge in [0.1, 0.15) is 0 Å². The summed E-state index contributed by atoms with van der Waals surface area (Å²) in [4.78, 5) is 11.6. The maximum atomic E-state index is 12.2. The van der Waals surface area contributed by atoms with Gasteiger partial charge in [-0.25, -0.2) is 13.1 Å². The van der Waals surface area contributed by atoms with E-state index in [4.69, 9.17) is 4.74 Å². The van der Waals surface area contributed by atoms with Gasteiger partial charge in [0.25, 0.3) is 0 Å². The van der Waals surface area contributed by atoms with E-state index in [1.165, 1.54) is 12.1 Å². The van der Waals surface area contributed by atoms with Crippen LogP contribution in [0.25, 0.3) is 0 Å². The van der Waals surface area contributed by atoms with Crippen molar-refractivity contribution in [3.63, 3.8) is 0 Å². The third-order valence-corrected chi connectivity index (χ3v) is 5.76. The van der Waals surface area contributed by atoms with E-state index in [1.807, 2.05) is 0 Å². The molecule has 1 aliphatic heterocycles. The lowest BCUT2D eigenvalue weighted by atomic mass is 9.80. The maximum absolute atomic E-state index is 12.2. The van der Waals surface area contributed by atoms with Crippen LogP contribution in [0.3, 0.4) is 0 Å². The fourth-order valence-corrected chi connectivity index (χ4v) is 3.65. The second-order valence-corrected chi connectivity index (χ2v) is 7.99. The highest BCUT2D eigenvalue weighted by Gasteiger charge is 2.41. The molecular formula is C13H16INO5S. The minimum absolute atomic E-state index is 0.125. The summed E-state index contributed by atoms with van der Waals surface area (Å²) in [5.74, 6) is -0.990. The minimum Gasteiger partial charge on any atom is -0.481 e. The summed E-state index contributed by atoms with van der Waals surface area (Å²) in [7, 11) is -3.71. The lowest BCUT2D eigenvalue weighted by Crippen LogP contribution is -2.46. The predicted molar refractivity (Wildman–Crippen MR) is 84.5 cm³/mol. The van der Waals surface area contributed by atoms with Gasteiger partial charge in [-0.3, -0.25) is 4.79 Å². The number of benzene rings is 1. The van der Waals surface area contributed by atoms with E-state index in [-0.39, 0.29) is 11.4 Å². The summed E-state index contributed by atoms with van der Waals surface area (Å²) < 4.78 is 32.9. The molecule has 1 aromatic carbocycles. The molecule has 6 nitrogen and oxygen atoms in total. The molecule has 1 heterocycles. The van der Waals surface area contributed by atoms with Crippen molar-refractivity contribution in [1.82, 2.24) is 4.72 Å². The van der Waals surface area contributed by atoms with E-state index in [9.17, 15) is 18.3 Å². The zero-order chi connectivity index (χ0) is 15.5. The second kappa shape index (κ2) is 6.59. The van der Waals surface area contributed by atoms with Crippen molar-refractivity contribution in [3.05, 3.63) is 27.8 Å². The molecule has 1 fully saturated rings. The van der Waals surface area contributed by atoms with Crippen molar-refractivity contribution in [3.8, 4) is 0 Å². The van der Waals surface area contributed by atoms with Crippen LogP contribution in [0.1, 0.15) is 12.8 Å². The molecule has 2 N–H and O–H groups in total. The third-order valence-electron chi connectivity index (χ3n) is 3.63. The van der Waals surface area contributed by atoms with Crippen LogP contribution in [-0.4, -0.2) is 39.3 Å². The third kappa shape index (κ3) is 3.93. The first kappa shape index (κ1) is 16.7. The van der Waals surface area contributed by atoms with Gasteiger partial charge in [0.2, 0.25) is 10.0 Å². The van der Waals surface area contributed by atoms with Gasteiger partial charge in [0.05, 0.1) is 10.3 Å². The molecule has 8 heteroatoms. The molecule has 0 bridgehead atoms. The molecule has 0 aliphatic carbocycles. The van der Waals surface area contributed by atoms with Crippen LogP contribution in [0.4, 0.5) is 0 Å². The second-order valence-electron chi connectivity index (χ2n) is 4.98. The number of aliphatic carboxylic acids is 1. The Bertz CT molecular complexity index is 608. The monoisotopic (exact) mass is 425 g/mol. The van der Waals surface area contributed by atoms with E-state index in [1.54, 1.807) is 12.1 Å². The largest absolute Gasteiger partial charge is 0.481 e. The van der Waals surface area contributed by atoms with E-state index in [2.05, 4.69) is 27.3 Å². The number of hydrogen-bond donors (Lipinski definition) is 2. The van der Waals surface area contributed by atoms with Crippen LogP contribution in [-0.2, 0) is 19.6 Å². The van der Waals surface area contributed by atoms with Crippen molar-refractivity contribution in [2.24, 2.45) is 5.41 Å². The Kier molecular flexibility index (Phi) is 5.23. The van der Waals surface area contributed by atoms with Crippen molar-refractivity contribution >= 4 is 38.6 Å². The Balaban J connectivity index is 2.13. The molecule has 2 rings (SSSR count). The van der Waals surface area contributed by atoms with E-state index >= 15 is 0 Å². The fraction of sp³-hybridized carbons (Fsp3) is 0.462. The standard InChI is InChI=1S/C13H16INO5S/c14-10-1-3-11(4-2-10)21(18,19)15-9-13(12(16)17)5-7-20-8-6-13/h1-4,15H,5-9H2,(H,16,17). The van der Waals surface area contributed by atoms with E-state index in [0.29, 0.717) is 26.1 Å². The summed E-state index contributed by atoms with van der Waals surface area (Å²) in [5.41, 5.74) is -1.09. The molecule has 1 aliphatic rings. The Morgan fingerprint density at radius 2 is 1.86 bits per heavy atom. The normalized spacial score (nSPS) is 18.3. The molecule has 116 valence electrons. The van der Waals surface area contributed by atoms with Crippen LogP contribution < -0.4 is 4.72 Å². The van der Waals surface area contributed by atoms with Crippen molar-refractivity contribution in [1.29, 1.82) is 0 Å². The molecular weight excluding hydrogens is 409 g/mol. The molecule has 21 heavy (non-hydrogen) atoms. The molecule has 0 radical (unpaired) electrons. The summed E-state index contributed by atoms with van der Waals surface area (Å²) in [6.07, 6.45) is 0.606. The lowest BCUT2D eigenvalue weighted by Gasteiger charge is -2.33. The Morgan fingerprint density at radius 1 is 1.29 bits per heavy atom. The smallest absolute Gasteiger partial charge is 0.311 e. The number of carbonyl (C=O) groups is 1. The van der Waals surface area contributed by atoms with Gasteiger partial charge in [-0.05, 0) is 59.7 Å². The average molecular weight is 425 g/mol. The molecule has 0 atom stereocenters. The number of ether oxygens (including phenoxy) is 1. The average Bonchev–Trinajstić information content (AvgIpc) is 2.46. The van der Waals surface area contributed by atoms with Gasteiger partial charge in [-0.1, -0.05) is 0 Å². The Morgan fingerprint density at radius 3 is 2.38 bits per heavy atom. The zero-order valence-corrected chi connectivity index (χ0v) is 14.2. The first-order valence-electron chi connectivity index (χ1n) is 6.42. The van der Waals surface area contributed by atoms with E-state index in [0.717, 1.165) is 3.57 Å². The van der Waals surface area contributed by atoms with Gasteiger partial charge in [-0.2, -0.15) is 0 Å². The highest BCUT2D eigenvalue weighted by Crippen LogP contribution is 2.30. The first-order chi connectivity index (χ1) is 9.86. The summed E-state index contributed by atoms with van der Waals surface area (Å²) in [6, 6.07) is 6.39. The van der Waals surface area contributed by atoms with Crippen LogP contribution in [0.15, 0.2) is 29.2 Å². The van der Waals surface area contributed by atoms with Gasteiger partial charge >= 0.3 is 5.97 Å². The Hall–Kier alpha value is -0.710. The summed E-state index contributed by atoms with van der Waals surface area (Å²) >= 11 is 2.09. The molecule has 0 aromatic heterocycles. The van der Waals surface area contributed by atoms with Gasteiger partial charge in [0, 0.05) is 23.3 Å². The molecule has 0 spiro atoms.